The molecule has 10 heteroatoms. The van der Waals surface area contributed by atoms with Crippen molar-refractivity contribution in [3.05, 3.63) is 51.6 Å². The third-order valence-corrected chi connectivity index (χ3v) is 7.97. The van der Waals surface area contributed by atoms with Gasteiger partial charge in [0.15, 0.2) is 17.9 Å². The predicted octanol–water partition coefficient (Wildman–Crippen LogP) is 3.31. The summed E-state index contributed by atoms with van der Waals surface area (Å²) < 4.78 is 31.4. The Morgan fingerprint density at radius 2 is 1.79 bits per heavy atom. The lowest BCUT2D eigenvalue weighted by atomic mass is 9.72. The highest BCUT2D eigenvalue weighted by Gasteiger charge is 2.49. The number of halogens is 1. The molecule has 3 aliphatic rings. The van der Waals surface area contributed by atoms with Gasteiger partial charge in [-0.05, 0) is 25.8 Å². The third-order valence-electron chi connectivity index (χ3n) is 7.97. The quantitative estimate of drug-likeness (QED) is 0.435. The number of Topliss-reactive ketones (excluding diaryl/α,β-unsaturated/α-hetero) is 1. The first kappa shape index (κ1) is 26.3. The Hall–Kier alpha value is -3.34. The average Bonchev–Trinajstić information content (AvgIpc) is 2.87. The summed E-state index contributed by atoms with van der Waals surface area (Å²) in [6, 6.07) is 4.44. The van der Waals surface area contributed by atoms with Gasteiger partial charge >= 0.3 is 0 Å². The molecule has 2 aromatic rings. The van der Waals surface area contributed by atoms with Crippen LogP contribution in [0.2, 0.25) is 0 Å². The van der Waals surface area contributed by atoms with Crippen LogP contribution in [-0.4, -0.2) is 63.9 Å². The van der Waals surface area contributed by atoms with Gasteiger partial charge in [0.1, 0.15) is 29.0 Å². The van der Waals surface area contributed by atoms with Gasteiger partial charge in [-0.25, -0.2) is 4.39 Å². The number of hydrogen-bond donors (Lipinski definition) is 3. The number of ether oxygens (including phenoxy) is 3. The van der Waals surface area contributed by atoms with Gasteiger partial charge in [0.2, 0.25) is 5.78 Å². The van der Waals surface area contributed by atoms with Crippen LogP contribution in [0.25, 0.3) is 0 Å². The maximum atomic E-state index is 14.3. The second-order valence-corrected chi connectivity index (χ2v) is 10.4. The number of alkyl halides is 1. The molecule has 1 aliphatic heterocycles. The molecule has 1 heterocycles. The number of carbonyl (C=O) groups excluding carboxylic acids is 3. The number of carbonyl (C=O) groups is 3. The summed E-state index contributed by atoms with van der Waals surface area (Å²) in [5, 5.41) is 34.0. The van der Waals surface area contributed by atoms with Gasteiger partial charge in [-0.3, -0.25) is 14.4 Å². The molecule has 0 aromatic heterocycles. The van der Waals surface area contributed by atoms with Gasteiger partial charge in [-0.15, -0.1) is 0 Å². The predicted molar refractivity (Wildman–Crippen MR) is 130 cm³/mol. The Labute approximate surface area is 218 Å². The van der Waals surface area contributed by atoms with Crippen molar-refractivity contribution in [3.63, 3.8) is 0 Å². The Kier molecular flexibility index (Phi) is 6.32. The van der Waals surface area contributed by atoms with E-state index < -0.39 is 82.6 Å². The molecule has 0 saturated carbocycles. The molecule has 9 nitrogen and oxygen atoms in total. The van der Waals surface area contributed by atoms with Crippen LogP contribution < -0.4 is 4.74 Å². The van der Waals surface area contributed by atoms with Crippen LogP contribution in [0.5, 0.6) is 17.2 Å². The number of aromatic hydroxyl groups is 2. The van der Waals surface area contributed by atoms with Crippen molar-refractivity contribution in [1.29, 1.82) is 0 Å². The number of benzene rings is 2. The molecule has 2 aliphatic carbocycles. The van der Waals surface area contributed by atoms with E-state index in [-0.39, 0.29) is 40.8 Å². The molecule has 3 N–H and O–H groups in total. The minimum Gasteiger partial charge on any atom is -0.507 e. The van der Waals surface area contributed by atoms with E-state index in [9.17, 15) is 34.1 Å². The van der Waals surface area contributed by atoms with E-state index in [2.05, 4.69) is 0 Å². The minimum absolute atomic E-state index is 0.0127. The Morgan fingerprint density at radius 1 is 1.11 bits per heavy atom. The van der Waals surface area contributed by atoms with E-state index in [0.717, 1.165) is 0 Å². The second-order valence-electron chi connectivity index (χ2n) is 10.4. The third kappa shape index (κ3) is 3.81. The molecule has 38 heavy (non-hydrogen) atoms. The van der Waals surface area contributed by atoms with Gasteiger partial charge in [0.25, 0.3) is 0 Å². The van der Waals surface area contributed by atoms with E-state index in [4.69, 9.17) is 14.2 Å². The number of phenols is 2. The summed E-state index contributed by atoms with van der Waals surface area (Å²) in [5.41, 5.74) is -3.01. The van der Waals surface area contributed by atoms with Crippen LogP contribution in [0.4, 0.5) is 4.39 Å². The fourth-order valence-corrected chi connectivity index (χ4v) is 5.84. The van der Waals surface area contributed by atoms with Gasteiger partial charge in [-0.1, -0.05) is 19.1 Å². The molecular formula is C28H29FO9. The van der Waals surface area contributed by atoms with Gasteiger partial charge in [0.05, 0.1) is 36.0 Å². The van der Waals surface area contributed by atoms with Crippen LogP contribution in [0.15, 0.2) is 18.2 Å². The lowest BCUT2D eigenvalue weighted by molar-refractivity contribution is -0.246. The zero-order valence-electron chi connectivity index (χ0n) is 21.4. The smallest absolute Gasteiger partial charge is 0.202 e. The van der Waals surface area contributed by atoms with E-state index in [0.29, 0.717) is 0 Å². The molecule has 6 atom stereocenters. The van der Waals surface area contributed by atoms with Gasteiger partial charge in [-0.2, -0.15) is 0 Å². The van der Waals surface area contributed by atoms with Crippen LogP contribution in [0.3, 0.4) is 0 Å². The molecular weight excluding hydrogens is 499 g/mol. The van der Waals surface area contributed by atoms with Crippen LogP contribution in [-0.2, 0) is 20.7 Å². The zero-order valence-corrected chi connectivity index (χ0v) is 21.4. The molecule has 0 radical (unpaired) electrons. The maximum Gasteiger partial charge on any atom is 0.202 e. The lowest BCUT2D eigenvalue weighted by Gasteiger charge is -2.41. The molecule has 1 saturated heterocycles. The fourth-order valence-electron chi connectivity index (χ4n) is 5.84. The van der Waals surface area contributed by atoms with Gasteiger partial charge in [0, 0.05) is 36.0 Å². The molecule has 0 amide bonds. The molecule has 6 unspecified atom stereocenters. The second kappa shape index (κ2) is 9.14. The maximum absolute atomic E-state index is 14.3. The average molecular weight is 529 g/mol. The largest absolute Gasteiger partial charge is 0.507 e. The van der Waals surface area contributed by atoms with Crippen molar-refractivity contribution in [2.75, 3.05) is 7.11 Å². The Morgan fingerprint density at radius 3 is 2.42 bits per heavy atom. The Balaban J connectivity index is 1.68. The number of hydrogen-bond acceptors (Lipinski definition) is 9. The molecule has 2 aromatic carbocycles. The van der Waals surface area contributed by atoms with Crippen LogP contribution >= 0.6 is 0 Å². The van der Waals surface area contributed by atoms with Crippen molar-refractivity contribution in [3.8, 4) is 17.2 Å². The topological polar surface area (TPSA) is 140 Å². The highest BCUT2D eigenvalue weighted by molar-refractivity contribution is 6.31. The molecule has 1 fully saturated rings. The van der Waals surface area contributed by atoms with E-state index in [1.54, 1.807) is 13.8 Å². The zero-order chi connectivity index (χ0) is 27.7. The number of aliphatic hydroxyl groups is 1. The number of methoxy groups -OCH3 is 1. The first-order valence-electron chi connectivity index (χ1n) is 12.4. The van der Waals surface area contributed by atoms with Crippen LogP contribution in [0.1, 0.15) is 82.7 Å². The van der Waals surface area contributed by atoms with Gasteiger partial charge < -0.3 is 29.5 Å². The number of fused-ring (bicyclic) bond motifs is 3. The monoisotopic (exact) mass is 528 g/mol. The standard InChI is InChI=1S/C28H29FO9/c1-11-8-18(37-12(2)23(11)29)38-17-10-28(35,13(3)30)9-15-20(17)27(34)22-21(25(15)32)24(31)14-6-5-7-16(36-4)19(14)26(22)33/h5-7,11-12,17-18,23,32,34-35H,8-10H2,1-4H3. The Bertz CT molecular complexity index is 1360. The minimum atomic E-state index is -1.99. The number of rotatable bonds is 4. The van der Waals surface area contributed by atoms with Crippen molar-refractivity contribution in [2.45, 2.75) is 70.3 Å². The van der Waals surface area contributed by atoms with Crippen molar-refractivity contribution in [1.82, 2.24) is 0 Å². The summed E-state index contributed by atoms with van der Waals surface area (Å²) in [7, 11) is 1.34. The number of ketones is 3. The summed E-state index contributed by atoms with van der Waals surface area (Å²) in [5.74, 6) is -3.56. The normalized spacial score (nSPS) is 30.3. The van der Waals surface area contributed by atoms with Crippen molar-refractivity contribution < 1.29 is 48.3 Å². The first-order chi connectivity index (χ1) is 17.9. The summed E-state index contributed by atoms with van der Waals surface area (Å²) in [4.78, 5) is 39.6. The number of phenolic OH excluding ortho intramolecular Hbond substituents is 2. The fraction of sp³-hybridized carbons (Fsp3) is 0.464. The molecule has 0 bridgehead atoms. The van der Waals surface area contributed by atoms with Crippen molar-refractivity contribution >= 4 is 17.3 Å². The lowest BCUT2D eigenvalue weighted by Crippen LogP contribution is -2.47. The highest BCUT2D eigenvalue weighted by Crippen LogP contribution is 2.52. The molecule has 5 rings (SSSR count). The van der Waals surface area contributed by atoms with E-state index in [1.807, 2.05) is 0 Å². The van der Waals surface area contributed by atoms with E-state index >= 15 is 0 Å². The summed E-state index contributed by atoms with van der Waals surface area (Å²) in [6.07, 6.45) is -4.73. The van der Waals surface area contributed by atoms with E-state index in [1.165, 1.54) is 32.2 Å². The molecule has 0 spiro atoms. The SMILES string of the molecule is COc1cccc2c1C(=O)c1c(O)c3c(c(O)c1C2=O)CC(O)(C(C)=O)CC3OC1CC(C)C(F)C(C)O1. The highest BCUT2D eigenvalue weighted by atomic mass is 19.1. The summed E-state index contributed by atoms with van der Waals surface area (Å²) >= 11 is 0. The van der Waals surface area contributed by atoms with Crippen molar-refractivity contribution in [2.24, 2.45) is 5.92 Å². The van der Waals surface area contributed by atoms with Crippen LogP contribution in [0, 0.1) is 5.92 Å². The first-order valence-corrected chi connectivity index (χ1v) is 12.4. The molecule has 202 valence electrons. The summed E-state index contributed by atoms with van der Waals surface area (Å²) in [6.45, 7) is 4.45.